The number of ketones is 2. The summed E-state index contributed by atoms with van der Waals surface area (Å²) in [6.07, 6.45) is 3.64. The SMILES string of the molecule is CCCCCCCCCC(OC(=O)C(C)=O)C(OC(=O)C(C)=O)C(=O)O. The van der Waals surface area contributed by atoms with Crippen LogP contribution in [0.3, 0.4) is 0 Å². The third kappa shape index (κ3) is 9.90. The molecule has 0 amide bonds. The predicted molar refractivity (Wildman–Crippen MR) is 91.4 cm³/mol. The molecule has 0 aromatic heterocycles. The van der Waals surface area contributed by atoms with Crippen molar-refractivity contribution in [2.45, 2.75) is 84.3 Å². The summed E-state index contributed by atoms with van der Waals surface area (Å²) in [6.45, 7) is 4.04. The molecule has 0 radical (unpaired) electrons. The van der Waals surface area contributed by atoms with Crippen LogP contribution < -0.4 is 0 Å². The normalized spacial score (nSPS) is 12.7. The van der Waals surface area contributed by atoms with Crippen LogP contribution in [-0.2, 0) is 33.4 Å². The molecule has 1 N–H and O–H groups in total. The fourth-order valence-corrected chi connectivity index (χ4v) is 2.28. The molecule has 0 spiro atoms. The molecule has 8 heteroatoms. The maximum Gasteiger partial charge on any atom is 0.375 e. The first kappa shape index (κ1) is 23.8. The summed E-state index contributed by atoms with van der Waals surface area (Å²) in [5.74, 6) is -5.95. The summed E-state index contributed by atoms with van der Waals surface area (Å²) in [5, 5.41) is 9.26. The van der Waals surface area contributed by atoms with Crippen molar-refractivity contribution in [2.24, 2.45) is 0 Å². The zero-order valence-corrected chi connectivity index (χ0v) is 15.6. The van der Waals surface area contributed by atoms with Crippen molar-refractivity contribution >= 4 is 29.5 Å². The van der Waals surface area contributed by atoms with Gasteiger partial charge < -0.3 is 14.6 Å². The van der Waals surface area contributed by atoms with Crippen molar-refractivity contribution in [1.82, 2.24) is 0 Å². The zero-order chi connectivity index (χ0) is 20.1. The minimum Gasteiger partial charge on any atom is -0.478 e. The molecule has 0 saturated heterocycles. The highest BCUT2D eigenvalue weighted by atomic mass is 16.6. The van der Waals surface area contributed by atoms with Crippen LogP contribution in [0.25, 0.3) is 0 Å². The highest BCUT2D eigenvalue weighted by Crippen LogP contribution is 2.16. The van der Waals surface area contributed by atoms with E-state index in [4.69, 9.17) is 4.74 Å². The van der Waals surface area contributed by atoms with Crippen molar-refractivity contribution in [3.05, 3.63) is 0 Å². The molecule has 148 valence electrons. The quantitative estimate of drug-likeness (QED) is 0.279. The standard InChI is InChI=1S/C18H28O8/c1-4-5-6-7-8-9-10-11-14(25-17(23)12(2)19)15(16(21)22)26-18(24)13(3)20/h14-15H,4-11H2,1-3H3,(H,21,22). The van der Waals surface area contributed by atoms with E-state index in [-0.39, 0.29) is 6.42 Å². The van der Waals surface area contributed by atoms with Crippen LogP contribution >= 0.6 is 0 Å². The van der Waals surface area contributed by atoms with Crippen LogP contribution in [-0.4, -0.2) is 46.8 Å². The minimum absolute atomic E-state index is 0.106. The van der Waals surface area contributed by atoms with E-state index in [1.54, 1.807) is 0 Å². The zero-order valence-electron chi connectivity index (χ0n) is 15.6. The van der Waals surface area contributed by atoms with Gasteiger partial charge in [0.15, 0.2) is 6.10 Å². The maximum atomic E-state index is 11.5. The van der Waals surface area contributed by atoms with Crippen molar-refractivity contribution in [1.29, 1.82) is 0 Å². The second kappa shape index (κ2) is 13.0. The maximum absolute atomic E-state index is 11.5. The molecular formula is C18H28O8. The number of unbranched alkanes of at least 4 members (excludes halogenated alkanes) is 6. The molecule has 0 saturated carbocycles. The van der Waals surface area contributed by atoms with E-state index < -0.39 is 41.7 Å². The molecule has 2 unspecified atom stereocenters. The van der Waals surface area contributed by atoms with Gasteiger partial charge in [-0.25, -0.2) is 14.4 Å². The molecule has 0 heterocycles. The van der Waals surface area contributed by atoms with Gasteiger partial charge in [0.05, 0.1) is 0 Å². The molecule has 0 aliphatic carbocycles. The molecule has 0 aromatic carbocycles. The van der Waals surface area contributed by atoms with Crippen molar-refractivity contribution < 1.29 is 38.6 Å². The predicted octanol–water partition coefficient (Wildman–Crippen LogP) is 2.21. The number of carboxylic acids is 1. The molecule has 0 aromatic rings. The van der Waals surface area contributed by atoms with E-state index in [0.29, 0.717) is 6.42 Å². The van der Waals surface area contributed by atoms with Gasteiger partial charge in [-0.05, 0) is 12.8 Å². The number of Topliss-reactive ketones (excluding diaryl/α,β-unsaturated/α-hetero) is 2. The lowest BCUT2D eigenvalue weighted by molar-refractivity contribution is -0.181. The summed E-state index contributed by atoms with van der Waals surface area (Å²) in [7, 11) is 0. The van der Waals surface area contributed by atoms with Crippen molar-refractivity contribution in [2.75, 3.05) is 0 Å². The molecule has 0 aliphatic heterocycles. The summed E-state index contributed by atoms with van der Waals surface area (Å²) >= 11 is 0. The summed E-state index contributed by atoms with van der Waals surface area (Å²) in [4.78, 5) is 56.4. The third-order valence-electron chi connectivity index (χ3n) is 3.74. The Morgan fingerprint density at radius 3 is 1.69 bits per heavy atom. The Balaban J connectivity index is 4.85. The molecule has 2 atom stereocenters. The summed E-state index contributed by atoms with van der Waals surface area (Å²) in [6, 6.07) is 0. The summed E-state index contributed by atoms with van der Waals surface area (Å²) in [5.41, 5.74) is 0. The second-order valence-corrected chi connectivity index (χ2v) is 6.13. The molecular weight excluding hydrogens is 344 g/mol. The van der Waals surface area contributed by atoms with Crippen LogP contribution in [0.4, 0.5) is 0 Å². The first-order valence-corrected chi connectivity index (χ1v) is 8.86. The van der Waals surface area contributed by atoms with Gasteiger partial charge in [0, 0.05) is 13.8 Å². The smallest absolute Gasteiger partial charge is 0.375 e. The Kier molecular flexibility index (Phi) is 11.9. The van der Waals surface area contributed by atoms with Crippen LogP contribution in [0.15, 0.2) is 0 Å². The Labute approximate surface area is 153 Å². The average Bonchev–Trinajstić information content (AvgIpc) is 2.56. The number of esters is 2. The van der Waals surface area contributed by atoms with Crippen LogP contribution in [0.5, 0.6) is 0 Å². The van der Waals surface area contributed by atoms with Gasteiger partial charge in [-0.3, -0.25) is 9.59 Å². The van der Waals surface area contributed by atoms with E-state index >= 15 is 0 Å². The van der Waals surface area contributed by atoms with E-state index in [0.717, 1.165) is 52.4 Å². The number of aliphatic carboxylic acids is 1. The second-order valence-electron chi connectivity index (χ2n) is 6.13. The lowest BCUT2D eigenvalue weighted by Crippen LogP contribution is -2.43. The fraction of sp³-hybridized carbons (Fsp3) is 0.722. The Morgan fingerprint density at radius 2 is 1.23 bits per heavy atom. The molecule has 26 heavy (non-hydrogen) atoms. The number of hydrogen-bond acceptors (Lipinski definition) is 7. The van der Waals surface area contributed by atoms with Crippen molar-refractivity contribution in [3.8, 4) is 0 Å². The lowest BCUT2D eigenvalue weighted by Gasteiger charge is -2.23. The largest absolute Gasteiger partial charge is 0.478 e. The number of ether oxygens (including phenoxy) is 2. The molecule has 0 bridgehead atoms. The summed E-state index contributed by atoms with van der Waals surface area (Å²) < 4.78 is 9.55. The first-order chi connectivity index (χ1) is 12.2. The van der Waals surface area contributed by atoms with Gasteiger partial charge in [0.1, 0.15) is 0 Å². The Hall–Kier alpha value is -2.25. The minimum atomic E-state index is -1.84. The highest BCUT2D eigenvalue weighted by molar-refractivity contribution is 6.33. The highest BCUT2D eigenvalue weighted by Gasteiger charge is 2.36. The van der Waals surface area contributed by atoms with Gasteiger partial charge >= 0.3 is 17.9 Å². The van der Waals surface area contributed by atoms with Crippen LogP contribution in [0.1, 0.15) is 72.1 Å². The average molecular weight is 372 g/mol. The third-order valence-corrected chi connectivity index (χ3v) is 3.74. The van der Waals surface area contributed by atoms with Crippen LogP contribution in [0.2, 0.25) is 0 Å². The lowest BCUT2D eigenvalue weighted by atomic mass is 10.0. The number of carbonyl (C=O) groups is 5. The fourth-order valence-electron chi connectivity index (χ4n) is 2.28. The van der Waals surface area contributed by atoms with Gasteiger partial charge in [-0.2, -0.15) is 0 Å². The number of carboxylic acid groups (broad SMARTS) is 1. The Morgan fingerprint density at radius 1 is 0.769 bits per heavy atom. The van der Waals surface area contributed by atoms with E-state index in [2.05, 4.69) is 11.7 Å². The molecule has 8 nitrogen and oxygen atoms in total. The van der Waals surface area contributed by atoms with E-state index in [1.807, 2.05) is 0 Å². The van der Waals surface area contributed by atoms with Gasteiger partial charge in [-0.1, -0.05) is 45.4 Å². The first-order valence-electron chi connectivity index (χ1n) is 8.86. The molecule has 0 rings (SSSR count). The van der Waals surface area contributed by atoms with E-state index in [9.17, 15) is 29.1 Å². The molecule has 0 aliphatic rings. The van der Waals surface area contributed by atoms with Crippen molar-refractivity contribution in [3.63, 3.8) is 0 Å². The Bertz CT molecular complexity index is 511. The monoisotopic (exact) mass is 372 g/mol. The number of hydrogen-bond donors (Lipinski definition) is 1. The number of rotatable bonds is 14. The number of carbonyl (C=O) groups excluding carboxylic acids is 4. The van der Waals surface area contributed by atoms with Crippen LogP contribution in [0, 0.1) is 0 Å². The van der Waals surface area contributed by atoms with Gasteiger partial charge in [-0.15, -0.1) is 0 Å². The topological polar surface area (TPSA) is 124 Å². The van der Waals surface area contributed by atoms with Gasteiger partial charge in [0.25, 0.3) is 0 Å². The van der Waals surface area contributed by atoms with Gasteiger partial charge in [0.2, 0.25) is 17.7 Å². The van der Waals surface area contributed by atoms with E-state index in [1.165, 1.54) is 0 Å². The molecule has 0 fully saturated rings.